The number of hydrogen-bond donors (Lipinski definition) is 2. The van der Waals surface area contributed by atoms with Crippen molar-refractivity contribution in [1.82, 2.24) is 15.0 Å². The van der Waals surface area contributed by atoms with Crippen molar-refractivity contribution in [3.8, 4) is 5.75 Å². The highest BCUT2D eigenvalue weighted by Gasteiger charge is 2.07. The third kappa shape index (κ3) is 2.35. The van der Waals surface area contributed by atoms with Crippen molar-refractivity contribution < 1.29 is 14.6 Å². The van der Waals surface area contributed by atoms with Crippen molar-refractivity contribution in [2.24, 2.45) is 0 Å². The van der Waals surface area contributed by atoms with E-state index in [1.807, 2.05) is 0 Å². The third-order valence-electron chi connectivity index (χ3n) is 1.86. The number of aromatic amines is 1. The first-order valence-corrected chi connectivity index (χ1v) is 4.55. The number of aromatic nitrogens is 3. The highest BCUT2D eigenvalue weighted by atomic mass is 16.5. The highest BCUT2D eigenvalue weighted by Crippen LogP contribution is 2.08. The Bertz CT molecular complexity index is 481. The number of carboxylic acids is 1. The minimum absolute atomic E-state index is 0.0928. The van der Waals surface area contributed by atoms with Crippen LogP contribution in [0.5, 0.6) is 5.75 Å². The Balaban J connectivity index is 1.97. The first kappa shape index (κ1) is 10.2. The molecule has 2 heterocycles. The van der Waals surface area contributed by atoms with Gasteiger partial charge in [-0.3, -0.25) is 4.98 Å². The first-order chi connectivity index (χ1) is 7.75. The number of carbonyl (C=O) groups is 1. The zero-order valence-corrected chi connectivity index (χ0v) is 8.25. The second-order valence-corrected chi connectivity index (χ2v) is 3.04. The lowest BCUT2D eigenvalue weighted by molar-refractivity contribution is 0.0684. The molecule has 82 valence electrons. The molecule has 2 aromatic heterocycles. The van der Waals surface area contributed by atoms with E-state index < -0.39 is 5.97 Å². The summed E-state index contributed by atoms with van der Waals surface area (Å²) in [6.07, 6.45) is 4.65. The number of imidazole rings is 1. The van der Waals surface area contributed by atoms with E-state index in [9.17, 15) is 4.79 Å². The van der Waals surface area contributed by atoms with E-state index in [1.54, 1.807) is 24.5 Å². The van der Waals surface area contributed by atoms with Gasteiger partial charge in [-0.1, -0.05) is 0 Å². The molecule has 0 radical (unpaired) electrons. The third-order valence-corrected chi connectivity index (χ3v) is 1.86. The lowest BCUT2D eigenvalue weighted by Crippen LogP contribution is -2.00. The van der Waals surface area contributed by atoms with Crippen LogP contribution in [0.25, 0.3) is 0 Å². The molecule has 0 saturated heterocycles. The van der Waals surface area contributed by atoms with Gasteiger partial charge in [-0.05, 0) is 12.1 Å². The van der Waals surface area contributed by atoms with Gasteiger partial charge in [0.1, 0.15) is 12.4 Å². The van der Waals surface area contributed by atoms with Gasteiger partial charge in [-0.2, -0.15) is 0 Å². The van der Waals surface area contributed by atoms with Crippen LogP contribution >= 0.6 is 0 Å². The Hall–Kier alpha value is -2.37. The van der Waals surface area contributed by atoms with Gasteiger partial charge >= 0.3 is 5.97 Å². The molecule has 0 aromatic carbocycles. The van der Waals surface area contributed by atoms with Crippen LogP contribution in [0.3, 0.4) is 0 Å². The summed E-state index contributed by atoms with van der Waals surface area (Å²) in [5.74, 6) is -0.564. The van der Waals surface area contributed by atoms with Crippen LogP contribution in [-0.4, -0.2) is 26.0 Å². The lowest BCUT2D eigenvalue weighted by Gasteiger charge is -2.02. The molecule has 0 aliphatic rings. The lowest BCUT2D eigenvalue weighted by atomic mass is 10.4. The molecule has 6 nitrogen and oxygen atoms in total. The maximum atomic E-state index is 10.5. The van der Waals surface area contributed by atoms with E-state index in [-0.39, 0.29) is 12.4 Å². The molecule has 0 atom stereocenters. The van der Waals surface area contributed by atoms with Crippen LogP contribution in [0.1, 0.15) is 16.3 Å². The Morgan fingerprint density at radius 1 is 1.50 bits per heavy atom. The molecule has 0 saturated carbocycles. The number of H-pyrrole nitrogens is 1. The largest absolute Gasteiger partial charge is 0.486 e. The normalized spacial score (nSPS) is 10.0. The molecule has 6 heteroatoms. The van der Waals surface area contributed by atoms with E-state index in [4.69, 9.17) is 9.84 Å². The van der Waals surface area contributed by atoms with E-state index in [2.05, 4.69) is 15.0 Å². The number of rotatable bonds is 4. The Morgan fingerprint density at radius 2 is 2.38 bits per heavy atom. The molecule has 16 heavy (non-hydrogen) atoms. The van der Waals surface area contributed by atoms with Gasteiger partial charge in [0.25, 0.3) is 0 Å². The zero-order valence-electron chi connectivity index (χ0n) is 8.25. The zero-order chi connectivity index (χ0) is 11.4. The number of nitrogens with zero attached hydrogens (tertiary/aromatic N) is 2. The van der Waals surface area contributed by atoms with Crippen molar-refractivity contribution in [2.45, 2.75) is 6.61 Å². The summed E-state index contributed by atoms with van der Waals surface area (Å²) in [7, 11) is 0. The maximum absolute atomic E-state index is 10.5. The Labute approximate surface area is 90.9 Å². The molecular formula is C10H9N3O3. The van der Waals surface area contributed by atoms with Crippen LogP contribution in [0.4, 0.5) is 0 Å². The van der Waals surface area contributed by atoms with Gasteiger partial charge in [0.15, 0.2) is 0 Å². The van der Waals surface area contributed by atoms with E-state index in [0.29, 0.717) is 11.4 Å². The summed E-state index contributed by atoms with van der Waals surface area (Å²) < 4.78 is 5.36. The average Bonchev–Trinajstić information content (AvgIpc) is 2.76. The van der Waals surface area contributed by atoms with Crippen molar-refractivity contribution in [3.63, 3.8) is 0 Å². The number of nitrogens with one attached hydrogen (secondary N) is 1. The first-order valence-electron chi connectivity index (χ1n) is 4.55. The monoisotopic (exact) mass is 219 g/mol. The van der Waals surface area contributed by atoms with Crippen molar-refractivity contribution in [3.05, 3.63) is 42.2 Å². The van der Waals surface area contributed by atoms with E-state index in [0.717, 1.165) is 0 Å². The Kier molecular flexibility index (Phi) is 2.81. The minimum atomic E-state index is -1.09. The smallest absolute Gasteiger partial charge is 0.371 e. The second kappa shape index (κ2) is 4.43. The number of hydrogen-bond acceptors (Lipinski definition) is 4. The summed E-state index contributed by atoms with van der Waals surface area (Å²) in [4.78, 5) is 20.7. The molecule has 2 rings (SSSR count). The number of ether oxygens (including phenoxy) is 1. The van der Waals surface area contributed by atoms with Crippen LogP contribution in [0.2, 0.25) is 0 Å². The van der Waals surface area contributed by atoms with E-state index >= 15 is 0 Å². The molecule has 0 fully saturated rings. The van der Waals surface area contributed by atoms with Gasteiger partial charge in [0.05, 0.1) is 18.1 Å². The summed E-state index contributed by atoms with van der Waals surface area (Å²) in [5.41, 5.74) is 0.598. The quantitative estimate of drug-likeness (QED) is 0.803. The van der Waals surface area contributed by atoms with Gasteiger partial charge < -0.3 is 14.8 Å². The fourth-order valence-corrected chi connectivity index (χ4v) is 1.13. The number of carboxylic acid groups (broad SMARTS) is 1. The fourth-order valence-electron chi connectivity index (χ4n) is 1.13. The van der Waals surface area contributed by atoms with Crippen LogP contribution < -0.4 is 4.74 Å². The van der Waals surface area contributed by atoms with Gasteiger partial charge in [0.2, 0.25) is 5.82 Å². The van der Waals surface area contributed by atoms with Crippen LogP contribution in [-0.2, 0) is 6.61 Å². The topological polar surface area (TPSA) is 88.1 Å². The number of pyridine rings is 1. The molecule has 0 aliphatic heterocycles. The van der Waals surface area contributed by atoms with Crippen molar-refractivity contribution >= 4 is 5.97 Å². The molecular weight excluding hydrogens is 210 g/mol. The maximum Gasteiger partial charge on any atom is 0.371 e. The predicted octanol–water partition coefficient (Wildman–Crippen LogP) is 1.08. The average molecular weight is 219 g/mol. The fraction of sp³-hybridized carbons (Fsp3) is 0.100. The summed E-state index contributed by atoms with van der Waals surface area (Å²) in [6.45, 7) is 0.228. The Morgan fingerprint density at radius 3 is 3.00 bits per heavy atom. The molecule has 0 spiro atoms. The molecule has 2 N–H and O–H groups in total. The highest BCUT2D eigenvalue weighted by molar-refractivity contribution is 5.83. The molecule has 2 aromatic rings. The minimum Gasteiger partial charge on any atom is -0.486 e. The molecule has 0 unspecified atom stereocenters. The summed E-state index contributed by atoms with van der Waals surface area (Å²) in [5, 5.41) is 8.64. The number of aromatic carboxylic acids is 1. The predicted molar refractivity (Wildman–Crippen MR) is 54.1 cm³/mol. The molecule has 0 bridgehead atoms. The second-order valence-electron chi connectivity index (χ2n) is 3.04. The van der Waals surface area contributed by atoms with E-state index in [1.165, 1.54) is 6.20 Å². The van der Waals surface area contributed by atoms with Crippen LogP contribution in [0.15, 0.2) is 30.7 Å². The molecule has 0 aliphatic carbocycles. The van der Waals surface area contributed by atoms with Crippen LogP contribution in [0, 0.1) is 0 Å². The van der Waals surface area contributed by atoms with Gasteiger partial charge in [-0.15, -0.1) is 0 Å². The SMILES string of the molecule is O=C(O)c1ncc(COc2cccnc2)[nH]1. The van der Waals surface area contributed by atoms with Crippen molar-refractivity contribution in [1.29, 1.82) is 0 Å². The summed E-state index contributed by atoms with van der Waals surface area (Å²) >= 11 is 0. The van der Waals surface area contributed by atoms with Gasteiger partial charge in [-0.25, -0.2) is 9.78 Å². The molecule has 0 amide bonds. The van der Waals surface area contributed by atoms with Crippen molar-refractivity contribution in [2.75, 3.05) is 0 Å². The standard InChI is InChI=1S/C10H9N3O3/c14-10(15)9-12-4-7(13-9)6-16-8-2-1-3-11-5-8/h1-5H,6H2,(H,12,13)(H,14,15). The van der Waals surface area contributed by atoms with Gasteiger partial charge in [0, 0.05) is 6.20 Å². The summed E-state index contributed by atoms with van der Waals surface area (Å²) in [6, 6.07) is 3.52.